The summed E-state index contributed by atoms with van der Waals surface area (Å²) >= 11 is 9.22. The number of phenols is 1. The smallest absolute Gasteiger partial charge is 0.264 e. The highest BCUT2D eigenvalue weighted by molar-refractivity contribution is 14.1. The van der Waals surface area contributed by atoms with Gasteiger partial charge >= 0.3 is 0 Å². The Morgan fingerprint density at radius 3 is 2.70 bits per heavy atom. The van der Waals surface area contributed by atoms with Crippen LogP contribution in [0.3, 0.4) is 0 Å². The van der Waals surface area contributed by atoms with Crippen LogP contribution >= 0.6 is 46.0 Å². The minimum Gasteiger partial charge on any atom is -0.507 e. The summed E-state index contributed by atoms with van der Waals surface area (Å²) in [4.78, 5) is 16.9. The summed E-state index contributed by atoms with van der Waals surface area (Å²) in [6, 6.07) is 12.2. The average molecular weight is 457 g/mol. The number of thioether (sulfide) groups is 1. The lowest BCUT2D eigenvalue weighted by molar-refractivity contribution is -0.115. The first-order valence-electron chi connectivity index (χ1n) is 6.55. The van der Waals surface area contributed by atoms with Crippen molar-refractivity contribution in [2.24, 2.45) is 4.99 Å². The molecule has 2 aromatic rings. The van der Waals surface area contributed by atoms with Gasteiger partial charge < -0.3 is 10.4 Å². The Balaban J connectivity index is 1.86. The molecule has 1 amide bonds. The molecule has 1 fully saturated rings. The highest BCUT2D eigenvalue weighted by Crippen LogP contribution is 2.31. The summed E-state index contributed by atoms with van der Waals surface area (Å²) in [5.74, 6) is -0.101. The van der Waals surface area contributed by atoms with E-state index in [1.807, 2.05) is 6.07 Å². The Morgan fingerprint density at radius 2 is 1.96 bits per heavy atom. The minimum atomic E-state index is -0.235. The Hall–Kier alpha value is -1.51. The SMILES string of the molecule is O=C1NC(=Nc2ccc(Cl)cc2)S/C1=C/c1cc(I)ccc1O. The fourth-order valence-corrected chi connectivity index (χ4v) is 3.37. The van der Waals surface area contributed by atoms with Crippen molar-refractivity contribution < 1.29 is 9.90 Å². The summed E-state index contributed by atoms with van der Waals surface area (Å²) in [6.07, 6.45) is 1.65. The second-order valence-electron chi connectivity index (χ2n) is 4.66. The van der Waals surface area contributed by atoms with Gasteiger partial charge in [0.1, 0.15) is 5.75 Å². The number of nitrogens with zero attached hydrogens (tertiary/aromatic N) is 1. The van der Waals surface area contributed by atoms with Crippen molar-refractivity contribution in [2.45, 2.75) is 0 Å². The quantitative estimate of drug-likeness (QED) is 0.515. The number of carbonyl (C=O) groups is 1. The lowest BCUT2D eigenvalue weighted by Crippen LogP contribution is -2.19. The first-order chi connectivity index (χ1) is 11.0. The average Bonchev–Trinajstić information content (AvgIpc) is 2.85. The van der Waals surface area contributed by atoms with Crippen LogP contribution in [0.1, 0.15) is 5.56 Å². The molecule has 1 aliphatic heterocycles. The third-order valence-electron chi connectivity index (χ3n) is 2.98. The molecule has 23 heavy (non-hydrogen) atoms. The van der Waals surface area contributed by atoms with Crippen molar-refractivity contribution in [2.75, 3.05) is 0 Å². The van der Waals surface area contributed by atoms with Gasteiger partial charge in [0, 0.05) is 14.2 Å². The molecule has 2 aromatic carbocycles. The predicted octanol–water partition coefficient (Wildman–Crippen LogP) is 4.54. The number of hydrogen-bond acceptors (Lipinski definition) is 4. The van der Waals surface area contributed by atoms with Crippen molar-refractivity contribution in [1.29, 1.82) is 0 Å². The zero-order valence-electron chi connectivity index (χ0n) is 11.6. The number of aliphatic imine (C=N–C) groups is 1. The van der Waals surface area contributed by atoms with Crippen LogP contribution in [0.2, 0.25) is 5.02 Å². The Morgan fingerprint density at radius 1 is 1.22 bits per heavy atom. The largest absolute Gasteiger partial charge is 0.507 e. The second-order valence-corrected chi connectivity index (χ2v) is 7.37. The van der Waals surface area contributed by atoms with Gasteiger partial charge in [0.25, 0.3) is 5.91 Å². The van der Waals surface area contributed by atoms with Crippen molar-refractivity contribution in [1.82, 2.24) is 5.32 Å². The third-order valence-corrected chi connectivity index (χ3v) is 4.82. The molecule has 2 N–H and O–H groups in total. The molecule has 116 valence electrons. The molecule has 0 radical (unpaired) electrons. The molecule has 1 heterocycles. The topological polar surface area (TPSA) is 61.7 Å². The molecule has 0 aliphatic carbocycles. The van der Waals surface area contributed by atoms with E-state index in [0.717, 1.165) is 3.57 Å². The summed E-state index contributed by atoms with van der Waals surface area (Å²) < 4.78 is 0.978. The van der Waals surface area contributed by atoms with Crippen LogP contribution < -0.4 is 5.32 Å². The van der Waals surface area contributed by atoms with Crippen LogP contribution in [-0.2, 0) is 4.79 Å². The van der Waals surface area contributed by atoms with Crippen LogP contribution in [-0.4, -0.2) is 16.2 Å². The standard InChI is InChI=1S/C16H10ClIN2O2S/c17-10-1-4-12(5-2-10)19-16-20-15(22)14(23-16)8-9-7-11(18)3-6-13(9)21/h1-8,21H,(H,19,20,22)/b14-8+. The molecule has 7 heteroatoms. The number of amidine groups is 1. The Kier molecular flexibility index (Phi) is 4.93. The lowest BCUT2D eigenvalue weighted by atomic mass is 10.2. The molecule has 0 spiro atoms. The van der Waals surface area contributed by atoms with Gasteiger partial charge in [-0.2, -0.15) is 0 Å². The fourth-order valence-electron chi connectivity index (χ4n) is 1.90. The van der Waals surface area contributed by atoms with E-state index in [9.17, 15) is 9.90 Å². The molecule has 1 saturated heterocycles. The van der Waals surface area contributed by atoms with Gasteiger partial charge in [0.05, 0.1) is 10.6 Å². The van der Waals surface area contributed by atoms with Crippen LogP contribution in [0.25, 0.3) is 6.08 Å². The van der Waals surface area contributed by atoms with Crippen LogP contribution in [0.5, 0.6) is 5.75 Å². The number of amides is 1. The molecule has 0 unspecified atom stereocenters. The molecule has 1 aliphatic rings. The first-order valence-corrected chi connectivity index (χ1v) is 8.82. The highest BCUT2D eigenvalue weighted by atomic mass is 127. The van der Waals surface area contributed by atoms with E-state index in [-0.39, 0.29) is 11.7 Å². The Bertz CT molecular complexity index is 834. The van der Waals surface area contributed by atoms with E-state index in [4.69, 9.17) is 11.6 Å². The van der Waals surface area contributed by atoms with E-state index in [1.54, 1.807) is 42.5 Å². The molecule has 0 atom stereocenters. The maximum absolute atomic E-state index is 12.0. The molecule has 4 nitrogen and oxygen atoms in total. The number of carbonyl (C=O) groups excluding carboxylic acids is 1. The van der Waals surface area contributed by atoms with Crippen LogP contribution in [0, 0.1) is 3.57 Å². The number of rotatable bonds is 2. The highest BCUT2D eigenvalue weighted by Gasteiger charge is 2.24. The van der Waals surface area contributed by atoms with Crippen molar-refractivity contribution in [3.05, 3.63) is 61.5 Å². The van der Waals surface area contributed by atoms with Crippen molar-refractivity contribution in [3.63, 3.8) is 0 Å². The van der Waals surface area contributed by atoms with Crippen molar-refractivity contribution >= 4 is 68.8 Å². The molecular formula is C16H10ClIN2O2S. The fraction of sp³-hybridized carbons (Fsp3) is 0. The Labute approximate surface area is 155 Å². The maximum atomic E-state index is 12.0. The third kappa shape index (κ3) is 4.07. The molecule has 3 rings (SSSR count). The first kappa shape index (κ1) is 16.4. The van der Waals surface area contributed by atoms with Gasteiger partial charge in [0.2, 0.25) is 0 Å². The molecule has 0 aromatic heterocycles. The summed E-state index contributed by atoms with van der Waals surface area (Å²) in [7, 11) is 0. The predicted molar refractivity (Wildman–Crippen MR) is 103 cm³/mol. The molecular weight excluding hydrogens is 447 g/mol. The molecule has 0 saturated carbocycles. The number of benzene rings is 2. The van der Waals surface area contributed by atoms with Gasteiger partial charge in [-0.3, -0.25) is 4.79 Å². The number of nitrogens with one attached hydrogen (secondary N) is 1. The van der Waals surface area contributed by atoms with E-state index in [1.165, 1.54) is 11.8 Å². The lowest BCUT2D eigenvalue weighted by Gasteiger charge is -2.00. The zero-order chi connectivity index (χ0) is 16.4. The van der Waals surface area contributed by atoms with Crippen LogP contribution in [0.15, 0.2) is 52.4 Å². The van der Waals surface area contributed by atoms with Gasteiger partial charge in [0.15, 0.2) is 5.17 Å². The number of aromatic hydroxyl groups is 1. The number of hydrogen-bond donors (Lipinski definition) is 2. The monoisotopic (exact) mass is 456 g/mol. The van der Waals surface area contributed by atoms with E-state index in [0.29, 0.717) is 26.3 Å². The summed E-state index contributed by atoms with van der Waals surface area (Å²) in [5.41, 5.74) is 1.30. The minimum absolute atomic E-state index is 0.134. The summed E-state index contributed by atoms with van der Waals surface area (Å²) in [5, 5.41) is 13.7. The van der Waals surface area contributed by atoms with Crippen LogP contribution in [0.4, 0.5) is 5.69 Å². The van der Waals surface area contributed by atoms with E-state index in [2.05, 4.69) is 32.9 Å². The van der Waals surface area contributed by atoms with Gasteiger partial charge in [-0.1, -0.05) is 11.6 Å². The zero-order valence-corrected chi connectivity index (χ0v) is 15.3. The summed E-state index contributed by atoms with van der Waals surface area (Å²) in [6.45, 7) is 0. The van der Waals surface area contributed by atoms with Crippen molar-refractivity contribution in [3.8, 4) is 5.75 Å². The van der Waals surface area contributed by atoms with E-state index < -0.39 is 0 Å². The van der Waals surface area contributed by atoms with Gasteiger partial charge in [-0.15, -0.1) is 0 Å². The maximum Gasteiger partial charge on any atom is 0.264 e. The molecule has 0 bridgehead atoms. The van der Waals surface area contributed by atoms with Gasteiger partial charge in [-0.05, 0) is 82.9 Å². The second kappa shape index (κ2) is 6.94. The number of halogens is 2. The van der Waals surface area contributed by atoms with E-state index >= 15 is 0 Å². The number of phenolic OH excluding ortho intramolecular Hbond substituents is 1. The normalized spacial score (nSPS) is 17.7. The van der Waals surface area contributed by atoms with Gasteiger partial charge in [-0.25, -0.2) is 4.99 Å².